The van der Waals surface area contributed by atoms with Gasteiger partial charge in [-0.2, -0.15) is 0 Å². The lowest BCUT2D eigenvalue weighted by Crippen LogP contribution is -2.38. The first-order valence-electron chi connectivity index (χ1n) is 13.4. The van der Waals surface area contributed by atoms with Crippen LogP contribution in [0.25, 0.3) is 0 Å². The second kappa shape index (κ2) is 11.8. The van der Waals surface area contributed by atoms with Crippen LogP contribution >= 0.6 is 0 Å². The van der Waals surface area contributed by atoms with Gasteiger partial charge in [0.25, 0.3) is 5.91 Å². The Morgan fingerprint density at radius 1 is 1.26 bits per heavy atom. The van der Waals surface area contributed by atoms with E-state index in [2.05, 4.69) is 36.2 Å². The van der Waals surface area contributed by atoms with Gasteiger partial charge in [-0.25, -0.2) is 4.39 Å². The fourth-order valence-corrected chi connectivity index (χ4v) is 5.46. The molecule has 2 aliphatic heterocycles. The van der Waals surface area contributed by atoms with Gasteiger partial charge in [0, 0.05) is 48.2 Å². The van der Waals surface area contributed by atoms with Gasteiger partial charge in [-0.15, -0.1) is 0 Å². The van der Waals surface area contributed by atoms with E-state index in [4.69, 9.17) is 15.9 Å². The minimum Gasteiger partial charge on any atom is -0.495 e. The van der Waals surface area contributed by atoms with E-state index in [0.29, 0.717) is 24.9 Å². The topological polar surface area (TPSA) is 112 Å². The van der Waals surface area contributed by atoms with Crippen LogP contribution < -0.4 is 20.9 Å². The molecule has 1 aromatic carbocycles. The van der Waals surface area contributed by atoms with Crippen molar-refractivity contribution in [2.45, 2.75) is 65.1 Å². The van der Waals surface area contributed by atoms with E-state index < -0.39 is 17.8 Å². The fourth-order valence-electron chi connectivity index (χ4n) is 5.46. The van der Waals surface area contributed by atoms with Crippen molar-refractivity contribution in [2.24, 2.45) is 5.73 Å². The molecule has 4 rings (SSSR count). The number of hydrogen-bond donors (Lipinski definition) is 3. The minimum atomic E-state index is -1.34. The van der Waals surface area contributed by atoms with Crippen molar-refractivity contribution in [3.8, 4) is 0 Å². The van der Waals surface area contributed by atoms with Gasteiger partial charge in [0.15, 0.2) is 12.0 Å². The van der Waals surface area contributed by atoms with Crippen molar-refractivity contribution in [2.75, 3.05) is 36.0 Å². The zero-order valence-corrected chi connectivity index (χ0v) is 22.5. The Bertz CT molecular complexity index is 1200. The number of Topliss-reactive ketones (excluding diaryl/α,β-unsaturated/α-hetero) is 1. The van der Waals surface area contributed by atoms with Gasteiger partial charge in [0.05, 0.1) is 18.8 Å². The third-order valence-electron chi connectivity index (χ3n) is 7.51. The number of alkyl halides is 1. The van der Waals surface area contributed by atoms with Gasteiger partial charge < -0.3 is 25.6 Å². The highest BCUT2D eigenvalue weighted by atomic mass is 19.1. The van der Waals surface area contributed by atoms with E-state index in [1.165, 1.54) is 24.9 Å². The number of aryl methyl sites for hydroxylation is 1. The van der Waals surface area contributed by atoms with Gasteiger partial charge in [-0.1, -0.05) is 0 Å². The summed E-state index contributed by atoms with van der Waals surface area (Å²) < 4.78 is 19.9. The number of piperidine rings is 1. The number of ether oxygens (including phenoxy) is 1. The second-order valence-electron chi connectivity index (χ2n) is 10.2. The average molecular weight is 524 g/mol. The zero-order chi connectivity index (χ0) is 27.4. The Morgan fingerprint density at radius 2 is 2.05 bits per heavy atom. The molecule has 38 heavy (non-hydrogen) atoms. The maximum Gasteiger partial charge on any atom is 0.266 e. The van der Waals surface area contributed by atoms with Crippen LogP contribution in [0.3, 0.4) is 0 Å². The maximum atomic E-state index is 14.6. The Labute approximate surface area is 223 Å². The highest BCUT2D eigenvalue weighted by Gasteiger charge is 2.30. The van der Waals surface area contributed by atoms with Gasteiger partial charge in [-0.3, -0.25) is 15.0 Å². The zero-order valence-electron chi connectivity index (χ0n) is 22.5. The van der Waals surface area contributed by atoms with Gasteiger partial charge >= 0.3 is 0 Å². The Morgan fingerprint density at radius 3 is 2.71 bits per heavy atom. The Balaban J connectivity index is 1.58. The number of primary amides is 1. The molecule has 3 aliphatic rings. The first-order chi connectivity index (χ1) is 18.2. The van der Waals surface area contributed by atoms with E-state index >= 15 is 0 Å². The van der Waals surface area contributed by atoms with Crippen molar-refractivity contribution in [1.29, 1.82) is 5.41 Å². The molecule has 1 aromatic rings. The van der Waals surface area contributed by atoms with E-state index in [9.17, 15) is 14.0 Å². The molecule has 4 N–H and O–H groups in total. The number of nitrogens with zero attached hydrogens (tertiary/aromatic N) is 2. The molecule has 0 aromatic heterocycles. The molecule has 0 bridgehead atoms. The van der Waals surface area contributed by atoms with E-state index in [1.54, 1.807) is 19.1 Å². The SMILES string of the molecule is CCOC1=CC=C(NC2=C(C(=N)C(N)=O)CCN(c3ccc(N4CCCCC4C)c(C)c3)CC2=O)CC1F. The number of anilines is 2. The normalized spacial score (nSPS) is 22.5. The summed E-state index contributed by atoms with van der Waals surface area (Å²) in [6.45, 7) is 8.03. The fraction of sp³-hybridized carbons (Fsp3) is 0.483. The molecular weight excluding hydrogens is 485 g/mol. The van der Waals surface area contributed by atoms with Crippen LogP contribution in [0, 0.1) is 12.3 Å². The van der Waals surface area contributed by atoms with Crippen LogP contribution in [0.1, 0.15) is 51.5 Å². The molecule has 2 heterocycles. The molecule has 2 unspecified atom stereocenters. The highest BCUT2D eigenvalue weighted by molar-refractivity contribution is 6.44. The summed E-state index contributed by atoms with van der Waals surface area (Å²) in [5, 5.41) is 11.3. The van der Waals surface area contributed by atoms with Crippen LogP contribution in [0.5, 0.6) is 0 Å². The maximum absolute atomic E-state index is 14.6. The molecule has 0 spiro atoms. The number of carbonyl (C=O) groups is 2. The van der Waals surface area contributed by atoms with Crippen LogP contribution in [0.15, 0.2) is 53.1 Å². The number of carbonyl (C=O) groups excluding carboxylic acids is 2. The molecule has 1 saturated heterocycles. The Kier molecular flexibility index (Phi) is 8.54. The smallest absolute Gasteiger partial charge is 0.266 e. The van der Waals surface area contributed by atoms with E-state index in [-0.39, 0.29) is 42.2 Å². The highest BCUT2D eigenvalue weighted by Crippen LogP contribution is 2.32. The number of ketones is 1. The summed E-state index contributed by atoms with van der Waals surface area (Å²) in [6.07, 6.45) is 5.75. The molecule has 1 amide bonds. The monoisotopic (exact) mass is 523 g/mol. The molecule has 2 atom stereocenters. The predicted octanol–water partition coefficient (Wildman–Crippen LogP) is 4.05. The van der Waals surface area contributed by atoms with E-state index in [1.807, 2.05) is 11.0 Å². The number of halogens is 1. The van der Waals surface area contributed by atoms with Gasteiger partial charge in [-0.05, 0) is 82.4 Å². The third kappa shape index (κ3) is 5.92. The molecule has 0 saturated carbocycles. The molecule has 204 valence electrons. The third-order valence-corrected chi connectivity index (χ3v) is 7.51. The number of amides is 1. The number of rotatable bonds is 8. The number of hydrogen-bond acceptors (Lipinski definition) is 7. The van der Waals surface area contributed by atoms with Crippen molar-refractivity contribution < 1.29 is 18.7 Å². The molecular formula is C29H38FN5O3. The van der Waals surface area contributed by atoms with Gasteiger partial charge in [0.2, 0.25) is 0 Å². The molecule has 8 nitrogen and oxygen atoms in total. The molecule has 9 heteroatoms. The van der Waals surface area contributed by atoms with Crippen LogP contribution in [-0.2, 0) is 14.3 Å². The van der Waals surface area contributed by atoms with Crippen LogP contribution in [0.2, 0.25) is 0 Å². The first-order valence-corrected chi connectivity index (χ1v) is 13.4. The average Bonchev–Trinajstić information content (AvgIpc) is 3.04. The number of allylic oxidation sites excluding steroid dienone is 4. The predicted molar refractivity (Wildman–Crippen MR) is 148 cm³/mol. The van der Waals surface area contributed by atoms with Crippen molar-refractivity contribution in [3.63, 3.8) is 0 Å². The van der Waals surface area contributed by atoms with E-state index in [0.717, 1.165) is 17.8 Å². The molecule has 1 aliphatic carbocycles. The van der Waals surface area contributed by atoms with Gasteiger partial charge in [0.1, 0.15) is 11.5 Å². The van der Waals surface area contributed by atoms with Crippen molar-refractivity contribution in [3.05, 3.63) is 58.6 Å². The van der Waals surface area contributed by atoms with Crippen LogP contribution in [0.4, 0.5) is 15.8 Å². The quantitative estimate of drug-likeness (QED) is 0.444. The lowest BCUT2D eigenvalue weighted by atomic mass is 10.0. The first kappa shape index (κ1) is 27.4. The summed E-state index contributed by atoms with van der Waals surface area (Å²) in [7, 11) is 0. The summed E-state index contributed by atoms with van der Waals surface area (Å²) in [5.41, 5.74) is 9.13. The summed E-state index contributed by atoms with van der Waals surface area (Å²) in [4.78, 5) is 29.9. The van der Waals surface area contributed by atoms with Crippen LogP contribution in [-0.4, -0.2) is 55.9 Å². The number of nitrogens with one attached hydrogen (secondary N) is 2. The summed E-state index contributed by atoms with van der Waals surface area (Å²) in [5.74, 6) is -0.949. The Hall–Kier alpha value is -3.62. The number of benzene rings is 1. The minimum absolute atomic E-state index is 0.000901. The lowest BCUT2D eigenvalue weighted by Gasteiger charge is -2.37. The molecule has 0 radical (unpaired) electrons. The standard InChI is InChI=1S/C29H38FN5O3/c1-4-38-26-11-8-20(16-23(26)30)33-28-22(27(31)29(32)37)12-14-34(17-25(28)36)21-9-10-24(18(2)15-21)35-13-6-5-7-19(35)3/h8-11,15,19,23,31,33H,4-7,12-14,16-17H2,1-3H3,(H2,32,37). The van der Waals surface area contributed by atoms with Crippen molar-refractivity contribution in [1.82, 2.24) is 5.32 Å². The summed E-state index contributed by atoms with van der Waals surface area (Å²) >= 11 is 0. The largest absolute Gasteiger partial charge is 0.495 e. The summed E-state index contributed by atoms with van der Waals surface area (Å²) in [6, 6.07) is 6.74. The lowest BCUT2D eigenvalue weighted by molar-refractivity contribution is -0.114. The number of nitrogens with two attached hydrogens (primary N) is 1. The molecule has 1 fully saturated rings. The van der Waals surface area contributed by atoms with Crippen molar-refractivity contribution >= 4 is 28.8 Å². The second-order valence-corrected chi connectivity index (χ2v) is 10.2.